The molecule has 1 saturated heterocycles. The fourth-order valence-corrected chi connectivity index (χ4v) is 2.31. The van der Waals surface area contributed by atoms with Gasteiger partial charge in [-0.3, -0.25) is 4.90 Å². The predicted molar refractivity (Wildman–Crippen MR) is 68.6 cm³/mol. The maximum absolute atomic E-state index is 5.90. The maximum Gasteiger partial charge on any atom is 0.0706 e. The molecule has 2 atom stereocenters. The van der Waals surface area contributed by atoms with E-state index >= 15 is 0 Å². The summed E-state index contributed by atoms with van der Waals surface area (Å²) in [5, 5.41) is 0. The van der Waals surface area contributed by atoms with E-state index in [0.717, 1.165) is 13.1 Å². The Bertz CT molecular complexity index is 206. The topological polar surface area (TPSA) is 38.5 Å². The van der Waals surface area contributed by atoms with Crippen LogP contribution in [-0.4, -0.2) is 42.3 Å². The van der Waals surface area contributed by atoms with Crippen LogP contribution in [0.1, 0.15) is 47.0 Å². The Labute approximate surface area is 100 Å². The van der Waals surface area contributed by atoms with E-state index < -0.39 is 0 Å². The highest BCUT2D eigenvalue weighted by molar-refractivity contribution is 4.85. The van der Waals surface area contributed by atoms with Crippen LogP contribution in [0.3, 0.4) is 0 Å². The van der Waals surface area contributed by atoms with Gasteiger partial charge in [-0.2, -0.15) is 0 Å². The molecule has 3 heteroatoms. The van der Waals surface area contributed by atoms with Crippen molar-refractivity contribution in [3.8, 4) is 0 Å². The molecule has 3 nitrogen and oxygen atoms in total. The Morgan fingerprint density at radius 2 is 2.06 bits per heavy atom. The molecule has 0 aromatic carbocycles. The standard InChI is InChI=1S/C13H28N2O/c1-5-8-15(13(3,4)10-14)9-12-7-6-11(2)16-12/h11-12H,5-10,14H2,1-4H3. The van der Waals surface area contributed by atoms with Gasteiger partial charge < -0.3 is 10.5 Å². The van der Waals surface area contributed by atoms with Crippen LogP contribution in [-0.2, 0) is 4.74 Å². The smallest absolute Gasteiger partial charge is 0.0706 e. The molecule has 0 bridgehead atoms. The minimum Gasteiger partial charge on any atom is -0.374 e. The van der Waals surface area contributed by atoms with Gasteiger partial charge in [0.1, 0.15) is 0 Å². The third kappa shape index (κ3) is 3.72. The molecular weight excluding hydrogens is 200 g/mol. The predicted octanol–water partition coefficient (Wildman–Crippen LogP) is 2.00. The number of hydrogen-bond donors (Lipinski definition) is 1. The summed E-state index contributed by atoms with van der Waals surface area (Å²) in [5.41, 5.74) is 5.95. The summed E-state index contributed by atoms with van der Waals surface area (Å²) in [6.07, 6.45) is 4.42. The first kappa shape index (κ1) is 13.9. The largest absolute Gasteiger partial charge is 0.374 e. The van der Waals surface area contributed by atoms with Crippen molar-refractivity contribution in [1.29, 1.82) is 0 Å². The summed E-state index contributed by atoms with van der Waals surface area (Å²) in [4.78, 5) is 2.48. The summed E-state index contributed by atoms with van der Waals surface area (Å²) in [5.74, 6) is 0. The monoisotopic (exact) mass is 228 g/mol. The Kier molecular flexibility index (Phi) is 5.22. The van der Waals surface area contributed by atoms with E-state index in [1.165, 1.54) is 19.3 Å². The first-order valence-corrected chi connectivity index (χ1v) is 6.60. The quantitative estimate of drug-likeness (QED) is 0.756. The van der Waals surface area contributed by atoms with Gasteiger partial charge in [-0.15, -0.1) is 0 Å². The van der Waals surface area contributed by atoms with Gasteiger partial charge in [0.05, 0.1) is 12.2 Å². The molecule has 1 aliphatic rings. The highest BCUT2D eigenvalue weighted by atomic mass is 16.5. The fourth-order valence-electron chi connectivity index (χ4n) is 2.31. The molecule has 0 aromatic rings. The zero-order valence-corrected chi connectivity index (χ0v) is 11.3. The Hall–Kier alpha value is -0.120. The molecular formula is C13H28N2O. The molecule has 1 fully saturated rings. The zero-order valence-electron chi connectivity index (χ0n) is 11.3. The number of nitrogens with two attached hydrogens (primary N) is 1. The van der Waals surface area contributed by atoms with Gasteiger partial charge >= 0.3 is 0 Å². The highest BCUT2D eigenvalue weighted by Gasteiger charge is 2.30. The minimum atomic E-state index is 0.0885. The molecule has 1 rings (SSSR count). The first-order valence-electron chi connectivity index (χ1n) is 6.60. The van der Waals surface area contributed by atoms with Crippen molar-refractivity contribution in [3.63, 3.8) is 0 Å². The Balaban J connectivity index is 2.50. The van der Waals surface area contributed by atoms with E-state index in [4.69, 9.17) is 10.5 Å². The maximum atomic E-state index is 5.90. The van der Waals surface area contributed by atoms with E-state index in [2.05, 4.69) is 32.6 Å². The van der Waals surface area contributed by atoms with Gasteiger partial charge in [-0.1, -0.05) is 6.92 Å². The van der Waals surface area contributed by atoms with E-state index in [0.29, 0.717) is 18.8 Å². The van der Waals surface area contributed by atoms with Crippen LogP contribution < -0.4 is 5.73 Å². The van der Waals surface area contributed by atoms with Crippen molar-refractivity contribution in [3.05, 3.63) is 0 Å². The van der Waals surface area contributed by atoms with Crippen LogP contribution in [0.4, 0.5) is 0 Å². The normalized spacial score (nSPS) is 26.6. The van der Waals surface area contributed by atoms with Crippen molar-refractivity contribution >= 4 is 0 Å². The molecule has 1 heterocycles. The summed E-state index contributed by atoms with van der Waals surface area (Å²) >= 11 is 0. The second-order valence-electron chi connectivity index (χ2n) is 5.61. The molecule has 0 spiro atoms. The van der Waals surface area contributed by atoms with Gasteiger partial charge in [0.25, 0.3) is 0 Å². The van der Waals surface area contributed by atoms with Crippen molar-refractivity contribution in [2.24, 2.45) is 5.73 Å². The average molecular weight is 228 g/mol. The van der Waals surface area contributed by atoms with Gasteiger partial charge in [0, 0.05) is 18.6 Å². The second kappa shape index (κ2) is 5.99. The molecule has 0 aromatic heterocycles. The second-order valence-corrected chi connectivity index (χ2v) is 5.61. The lowest BCUT2D eigenvalue weighted by atomic mass is 10.0. The Morgan fingerprint density at radius 3 is 2.50 bits per heavy atom. The summed E-state index contributed by atoms with van der Waals surface area (Å²) in [6.45, 7) is 11.7. The van der Waals surface area contributed by atoms with Crippen molar-refractivity contribution < 1.29 is 4.74 Å². The molecule has 0 amide bonds. The summed E-state index contributed by atoms with van der Waals surface area (Å²) < 4.78 is 5.90. The summed E-state index contributed by atoms with van der Waals surface area (Å²) in [7, 11) is 0. The highest BCUT2D eigenvalue weighted by Crippen LogP contribution is 2.23. The van der Waals surface area contributed by atoms with E-state index in [1.54, 1.807) is 0 Å². The van der Waals surface area contributed by atoms with Gasteiger partial charge in [-0.05, 0) is 46.6 Å². The third-order valence-corrected chi connectivity index (χ3v) is 3.59. The lowest BCUT2D eigenvalue weighted by Crippen LogP contribution is -2.52. The fraction of sp³-hybridized carbons (Fsp3) is 1.00. The number of rotatable bonds is 6. The minimum absolute atomic E-state index is 0.0885. The third-order valence-electron chi connectivity index (χ3n) is 3.59. The first-order chi connectivity index (χ1) is 7.49. The van der Waals surface area contributed by atoms with Crippen molar-refractivity contribution in [2.45, 2.75) is 64.7 Å². The Morgan fingerprint density at radius 1 is 1.38 bits per heavy atom. The summed E-state index contributed by atoms with van der Waals surface area (Å²) in [6, 6.07) is 0. The SMILES string of the molecule is CCCN(CC1CCC(C)O1)C(C)(C)CN. The number of nitrogens with zero attached hydrogens (tertiary/aromatic N) is 1. The van der Waals surface area contributed by atoms with Crippen molar-refractivity contribution in [1.82, 2.24) is 4.90 Å². The molecule has 16 heavy (non-hydrogen) atoms. The van der Waals surface area contributed by atoms with Gasteiger partial charge in [-0.25, -0.2) is 0 Å². The van der Waals surface area contributed by atoms with Crippen LogP contribution in [0.15, 0.2) is 0 Å². The van der Waals surface area contributed by atoms with E-state index in [9.17, 15) is 0 Å². The zero-order chi connectivity index (χ0) is 12.2. The molecule has 2 unspecified atom stereocenters. The molecule has 1 aliphatic heterocycles. The molecule has 0 radical (unpaired) electrons. The van der Waals surface area contributed by atoms with Crippen LogP contribution >= 0.6 is 0 Å². The van der Waals surface area contributed by atoms with E-state index in [-0.39, 0.29) is 5.54 Å². The molecule has 96 valence electrons. The van der Waals surface area contributed by atoms with E-state index in [1.807, 2.05) is 0 Å². The lowest BCUT2D eigenvalue weighted by Gasteiger charge is -2.39. The van der Waals surface area contributed by atoms with Crippen LogP contribution in [0.5, 0.6) is 0 Å². The molecule has 0 aliphatic carbocycles. The van der Waals surface area contributed by atoms with Gasteiger partial charge in [0.15, 0.2) is 0 Å². The molecule has 2 N–H and O–H groups in total. The lowest BCUT2D eigenvalue weighted by molar-refractivity contribution is 0.00679. The van der Waals surface area contributed by atoms with Crippen LogP contribution in [0, 0.1) is 0 Å². The number of hydrogen-bond acceptors (Lipinski definition) is 3. The van der Waals surface area contributed by atoms with Crippen LogP contribution in [0.2, 0.25) is 0 Å². The van der Waals surface area contributed by atoms with Crippen molar-refractivity contribution in [2.75, 3.05) is 19.6 Å². The number of ether oxygens (including phenoxy) is 1. The average Bonchev–Trinajstić information content (AvgIpc) is 2.63. The van der Waals surface area contributed by atoms with Crippen LogP contribution in [0.25, 0.3) is 0 Å². The van der Waals surface area contributed by atoms with Gasteiger partial charge in [0.2, 0.25) is 0 Å². The molecule has 0 saturated carbocycles.